The maximum Gasteiger partial charge on any atom is 0.250 e. The number of ketones is 1. The van der Waals surface area contributed by atoms with Gasteiger partial charge in [-0.15, -0.1) is 11.8 Å². The third-order valence-electron chi connectivity index (χ3n) is 7.55. The van der Waals surface area contributed by atoms with Gasteiger partial charge in [-0.05, 0) is 53.6 Å². The second-order valence-electron chi connectivity index (χ2n) is 9.37. The van der Waals surface area contributed by atoms with Gasteiger partial charge in [0.2, 0.25) is 5.91 Å². The summed E-state index contributed by atoms with van der Waals surface area (Å²) >= 11 is 27.1. The lowest BCUT2D eigenvalue weighted by atomic mass is 9.70. The number of nitrogens with zero attached hydrogens (tertiary/aromatic N) is 1. The van der Waals surface area contributed by atoms with E-state index in [2.05, 4.69) is 10.2 Å². The number of carbonyl (C=O) groups excluding carboxylic acids is 2. The number of nitrogens with one attached hydrogen (secondary N) is 1. The van der Waals surface area contributed by atoms with Crippen molar-refractivity contribution in [1.29, 1.82) is 0 Å². The number of fused-ring (bicyclic) bond motifs is 4. The SMILES string of the molecule is O=C(/C=C/c1ccc(Cl)cc1Cl)[C@H]1[C@H](c2ccc(Cl)cc2Cl)[C@H]2CSCN2[C@]12C(=O)Nc1ccccc12. The van der Waals surface area contributed by atoms with Gasteiger partial charge < -0.3 is 5.32 Å². The molecule has 3 aromatic carbocycles. The van der Waals surface area contributed by atoms with E-state index in [4.69, 9.17) is 46.4 Å². The Balaban J connectivity index is 1.54. The van der Waals surface area contributed by atoms with Crippen LogP contribution in [0.15, 0.2) is 66.7 Å². The molecule has 3 aliphatic heterocycles. The predicted octanol–water partition coefficient (Wildman–Crippen LogP) is 7.52. The molecule has 0 bridgehead atoms. The Hall–Kier alpha value is -1.99. The topological polar surface area (TPSA) is 49.4 Å². The standard InChI is InChI=1S/C28H20Cl4N2O2S/c29-16-7-5-15(20(31)11-16)6-10-24(35)26-25(18-9-8-17(30)12-21(18)32)23-13-37-14-34(23)28(26)19-3-1-2-4-22(19)33-27(28)36/h1-12,23,25-26H,13-14H2,(H,33,36)/b10-6+/t23-,25-,26+,28+/m1/s1. The summed E-state index contributed by atoms with van der Waals surface area (Å²) < 4.78 is 0. The largest absolute Gasteiger partial charge is 0.324 e. The zero-order valence-electron chi connectivity index (χ0n) is 19.3. The number of rotatable bonds is 4. The van der Waals surface area contributed by atoms with Gasteiger partial charge >= 0.3 is 0 Å². The Morgan fingerprint density at radius 1 is 1.00 bits per heavy atom. The van der Waals surface area contributed by atoms with Gasteiger partial charge in [0.05, 0.1) is 5.92 Å². The van der Waals surface area contributed by atoms with Crippen LogP contribution in [0, 0.1) is 5.92 Å². The minimum absolute atomic E-state index is 0.0675. The minimum atomic E-state index is -1.16. The molecular weight excluding hydrogens is 570 g/mol. The smallest absolute Gasteiger partial charge is 0.250 e. The number of thioether (sulfide) groups is 1. The van der Waals surface area contributed by atoms with E-state index in [0.717, 1.165) is 22.6 Å². The first-order valence-corrected chi connectivity index (χ1v) is 14.4. The van der Waals surface area contributed by atoms with Crippen molar-refractivity contribution in [2.75, 3.05) is 16.9 Å². The molecule has 6 rings (SSSR count). The summed E-state index contributed by atoms with van der Waals surface area (Å²) in [7, 11) is 0. The number of carbonyl (C=O) groups is 2. The van der Waals surface area contributed by atoms with Gasteiger partial charge in [-0.3, -0.25) is 14.5 Å². The van der Waals surface area contributed by atoms with Gasteiger partial charge in [-0.1, -0.05) is 76.7 Å². The molecule has 188 valence electrons. The van der Waals surface area contributed by atoms with Crippen molar-refractivity contribution in [3.63, 3.8) is 0 Å². The Kier molecular flexibility index (Phi) is 6.59. The van der Waals surface area contributed by atoms with Crippen LogP contribution in [0.2, 0.25) is 20.1 Å². The van der Waals surface area contributed by atoms with Crippen LogP contribution in [0.5, 0.6) is 0 Å². The molecule has 0 radical (unpaired) electrons. The molecule has 2 saturated heterocycles. The first kappa shape index (κ1) is 25.3. The van der Waals surface area contributed by atoms with E-state index in [1.165, 1.54) is 6.08 Å². The normalized spacial score (nSPS) is 26.6. The van der Waals surface area contributed by atoms with Crippen molar-refractivity contribution >= 4 is 81.6 Å². The Labute approximate surface area is 238 Å². The molecule has 4 atom stereocenters. The molecule has 4 nitrogen and oxygen atoms in total. The van der Waals surface area contributed by atoms with Crippen LogP contribution < -0.4 is 5.32 Å². The highest BCUT2D eigenvalue weighted by Crippen LogP contribution is 2.61. The quantitative estimate of drug-likeness (QED) is 0.320. The average Bonchev–Trinajstić information content (AvgIpc) is 3.52. The molecule has 3 heterocycles. The Morgan fingerprint density at radius 2 is 1.73 bits per heavy atom. The molecule has 9 heteroatoms. The summed E-state index contributed by atoms with van der Waals surface area (Å²) in [4.78, 5) is 30.4. The average molecular weight is 590 g/mol. The molecule has 2 fully saturated rings. The maximum atomic E-state index is 14.3. The molecule has 0 unspecified atom stereocenters. The summed E-state index contributed by atoms with van der Waals surface area (Å²) in [6.45, 7) is 0. The Morgan fingerprint density at radius 3 is 2.49 bits per heavy atom. The maximum absolute atomic E-state index is 14.3. The first-order chi connectivity index (χ1) is 17.8. The summed E-state index contributed by atoms with van der Waals surface area (Å²) in [6, 6.07) is 18.0. The van der Waals surface area contributed by atoms with E-state index in [1.54, 1.807) is 48.2 Å². The van der Waals surface area contributed by atoms with E-state index in [1.807, 2.05) is 30.3 Å². The number of para-hydroxylation sites is 1. The number of halogens is 4. The van der Waals surface area contributed by atoms with Gasteiger partial charge in [0.15, 0.2) is 5.78 Å². The van der Waals surface area contributed by atoms with Gasteiger partial charge in [0, 0.05) is 54.9 Å². The van der Waals surface area contributed by atoms with E-state index < -0.39 is 11.5 Å². The van der Waals surface area contributed by atoms with Crippen LogP contribution in [0.4, 0.5) is 5.69 Å². The van der Waals surface area contributed by atoms with Crippen LogP contribution in [0.1, 0.15) is 22.6 Å². The van der Waals surface area contributed by atoms with Crippen LogP contribution in [-0.4, -0.2) is 34.3 Å². The third-order valence-corrected chi connectivity index (χ3v) is 9.71. The molecular formula is C28H20Cl4N2O2S. The van der Waals surface area contributed by atoms with Crippen molar-refractivity contribution < 1.29 is 9.59 Å². The van der Waals surface area contributed by atoms with Gasteiger partial charge in [-0.25, -0.2) is 0 Å². The van der Waals surface area contributed by atoms with Crippen LogP contribution in [0.25, 0.3) is 6.08 Å². The monoisotopic (exact) mass is 588 g/mol. The molecule has 3 aromatic rings. The van der Waals surface area contributed by atoms with Crippen molar-refractivity contribution in [1.82, 2.24) is 4.90 Å². The highest BCUT2D eigenvalue weighted by Gasteiger charge is 2.69. The van der Waals surface area contributed by atoms with Gasteiger partial charge in [-0.2, -0.15) is 0 Å². The number of anilines is 1. The first-order valence-electron chi connectivity index (χ1n) is 11.7. The molecule has 0 saturated carbocycles. The van der Waals surface area contributed by atoms with E-state index in [9.17, 15) is 9.59 Å². The number of hydrogen-bond acceptors (Lipinski definition) is 4. The summed E-state index contributed by atoms with van der Waals surface area (Å²) in [6.07, 6.45) is 3.22. The Bertz CT molecular complexity index is 1480. The molecule has 0 aliphatic carbocycles. The second-order valence-corrected chi connectivity index (χ2v) is 12.1. The summed E-state index contributed by atoms with van der Waals surface area (Å²) in [5.41, 5.74) is 1.86. The lowest BCUT2D eigenvalue weighted by Gasteiger charge is -2.36. The lowest BCUT2D eigenvalue weighted by molar-refractivity contribution is -0.134. The van der Waals surface area contributed by atoms with E-state index in [0.29, 0.717) is 31.5 Å². The third kappa shape index (κ3) is 3.94. The predicted molar refractivity (Wildman–Crippen MR) is 153 cm³/mol. The van der Waals surface area contributed by atoms with Crippen molar-refractivity contribution in [3.8, 4) is 0 Å². The van der Waals surface area contributed by atoms with Crippen LogP contribution >= 0.6 is 58.2 Å². The van der Waals surface area contributed by atoms with Gasteiger partial charge in [0.25, 0.3) is 0 Å². The lowest BCUT2D eigenvalue weighted by Crippen LogP contribution is -2.52. The van der Waals surface area contributed by atoms with Crippen molar-refractivity contribution in [3.05, 3.63) is 104 Å². The highest BCUT2D eigenvalue weighted by atomic mass is 35.5. The number of hydrogen-bond donors (Lipinski definition) is 1. The van der Waals surface area contributed by atoms with E-state index in [-0.39, 0.29) is 23.7 Å². The second kappa shape index (κ2) is 9.64. The number of allylic oxidation sites excluding steroid dienone is 1. The zero-order chi connectivity index (χ0) is 25.9. The molecule has 3 aliphatic rings. The summed E-state index contributed by atoms with van der Waals surface area (Å²) in [5.74, 6) is -0.00184. The molecule has 1 N–H and O–H groups in total. The van der Waals surface area contributed by atoms with Crippen molar-refractivity contribution in [2.45, 2.75) is 17.5 Å². The highest BCUT2D eigenvalue weighted by molar-refractivity contribution is 7.99. The van der Waals surface area contributed by atoms with Gasteiger partial charge in [0.1, 0.15) is 5.54 Å². The molecule has 37 heavy (non-hydrogen) atoms. The molecule has 0 aromatic heterocycles. The minimum Gasteiger partial charge on any atom is -0.324 e. The number of amides is 1. The molecule has 1 spiro atoms. The fourth-order valence-electron chi connectivity index (χ4n) is 6.09. The fourth-order valence-corrected chi connectivity index (χ4v) is 8.42. The zero-order valence-corrected chi connectivity index (χ0v) is 23.1. The molecule has 1 amide bonds. The van der Waals surface area contributed by atoms with Crippen LogP contribution in [0.3, 0.4) is 0 Å². The number of benzene rings is 3. The fraction of sp³-hybridized carbons (Fsp3) is 0.214. The summed E-state index contributed by atoms with van der Waals surface area (Å²) in [5, 5.41) is 5.01. The van der Waals surface area contributed by atoms with E-state index >= 15 is 0 Å². The van der Waals surface area contributed by atoms with Crippen LogP contribution in [-0.2, 0) is 15.1 Å². The van der Waals surface area contributed by atoms with Crippen molar-refractivity contribution in [2.24, 2.45) is 5.92 Å².